The van der Waals surface area contributed by atoms with Crippen LogP contribution in [0.1, 0.15) is 47.8 Å². The van der Waals surface area contributed by atoms with Crippen molar-refractivity contribution in [3.63, 3.8) is 0 Å². The van der Waals surface area contributed by atoms with Crippen molar-refractivity contribution in [1.29, 1.82) is 0 Å². The molecule has 0 unspecified atom stereocenters. The lowest BCUT2D eigenvalue weighted by Crippen LogP contribution is -2.46. The van der Waals surface area contributed by atoms with Crippen LogP contribution in [0.4, 0.5) is 0 Å². The van der Waals surface area contributed by atoms with E-state index >= 15 is 0 Å². The molecule has 1 aliphatic carbocycles. The van der Waals surface area contributed by atoms with Crippen molar-refractivity contribution in [2.24, 2.45) is 0 Å². The van der Waals surface area contributed by atoms with Gasteiger partial charge in [0.1, 0.15) is 9.90 Å². The lowest BCUT2D eigenvalue weighted by atomic mass is 10.1. The topological polar surface area (TPSA) is 95.2 Å². The van der Waals surface area contributed by atoms with Crippen LogP contribution in [0.5, 0.6) is 0 Å². The van der Waals surface area contributed by atoms with E-state index in [4.69, 9.17) is 0 Å². The summed E-state index contributed by atoms with van der Waals surface area (Å²) in [6.07, 6.45) is 3.52. The van der Waals surface area contributed by atoms with Gasteiger partial charge >= 0.3 is 0 Å². The van der Waals surface area contributed by atoms with Gasteiger partial charge in [-0.15, -0.1) is 11.3 Å². The molecule has 2 N–H and O–H groups in total. The molecule has 9 heteroatoms. The van der Waals surface area contributed by atoms with Gasteiger partial charge in [-0.05, 0) is 43.2 Å². The summed E-state index contributed by atoms with van der Waals surface area (Å²) in [6, 6.07) is 5.17. The van der Waals surface area contributed by atoms with Crippen LogP contribution < -0.4 is 5.32 Å². The summed E-state index contributed by atoms with van der Waals surface area (Å²) in [5.41, 5.74) is 1.44. The first-order chi connectivity index (χ1) is 12.0. The van der Waals surface area contributed by atoms with Gasteiger partial charge in [-0.2, -0.15) is 9.40 Å². The Hall–Kier alpha value is -1.71. The second kappa shape index (κ2) is 6.54. The smallest absolute Gasteiger partial charge is 0.271 e. The van der Waals surface area contributed by atoms with Crippen molar-refractivity contribution in [2.75, 3.05) is 13.1 Å². The summed E-state index contributed by atoms with van der Waals surface area (Å²) in [7, 11) is -3.40. The van der Waals surface area contributed by atoms with Gasteiger partial charge in [-0.1, -0.05) is 6.07 Å². The van der Waals surface area contributed by atoms with Crippen LogP contribution in [0, 0.1) is 0 Å². The van der Waals surface area contributed by atoms with E-state index in [0.29, 0.717) is 41.8 Å². The van der Waals surface area contributed by atoms with E-state index in [1.807, 2.05) is 6.07 Å². The molecule has 25 heavy (non-hydrogen) atoms. The van der Waals surface area contributed by atoms with Crippen LogP contribution in [0.25, 0.3) is 0 Å². The minimum absolute atomic E-state index is 0.0247. The van der Waals surface area contributed by atoms with Crippen LogP contribution in [0.3, 0.4) is 0 Å². The van der Waals surface area contributed by atoms with Crippen molar-refractivity contribution < 1.29 is 13.2 Å². The lowest BCUT2D eigenvalue weighted by Gasteiger charge is -2.31. The molecular weight excluding hydrogens is 360 g/mol. The van der Waals surface area contributed by atoms with Gasteiger partial charge in [-0.25, -0.2) is 8.42 Å². The molecule has 0 bridgehead atoms. The highest BCUT2D eigenvalue weighted by Crippen LogP contribution is 2.39. The first-order valence-corrected chi connectivity index (χ1v) is 10.8. The summed E-state index contributed by atoms with van der Waals surface area (Å²) in [6.45, 7) is 0.831. The van der Waals surface area contributed by atoms with Crippen LogP contribution in [0.15, 0.2) is 27.8 Å². The fraction of sp³-hybridized carbons (Fsp3) is 0.500. The molecule has 1 saturated carbocycles. The van der Waals surface area contributed by atoms with Crippen molar-refractivity contribution >= 4 is 27.3 Å². The molecular formula is C16H20N4O3S2. The summed E-state index contributed by atoms with van der Waals surface area (Å²) >= 11 is 1.23. The standard InChI is InChI=1S/C16H20N4O3S2/c21-16(14-10-13(18-19-14)11-3-4-11)17-12-5-7-20(8-6-12)25(22,23)15-2-1-9-24-15/h1-2,9-12H,3-8H2,(H,17,21)(H,18,19). The van der Waals surface area contributed by atoms with E-state index < -0.39 is 10.0 Å². The van der Waals surface area contributed by atoms with Crippen LogP contribution in [-0.2, 0) is 10.0 Å². The number of rotatable bonds is 5. The number of aromatic nitrogens is 2. The van der Waals surface area contributed by atoms with Gasteiger partial charge in [0.05, 0.1) is 0 Å². The Morgan fingerprint density at radius 3 is 2.68 bits per heavy atom. The van der Waals surface area contributed by atoms with Crippen molar-refractivity contribution in [3.05, 3.63) is 35.0 Å². The predicted octanol–water partition coefficient (Wildman–Crippen LogP) is 1.93. The number of sulfonamides is 1. The summed E-state index contributed by atoms with van der Waals surface area (Å²) in [5, 5.41) is 11.8. The number of aromatic amines is 1. The van der Waals surface area contributed by atoms with E-state index in [2.05, 4.69) is 15.5 Å². The van der Waals surface area contributed by atoms with Crippen molar-refractivity contribution in [2.45, 2.75) is 41.9 Å². The Labute approximate surface area is 150 Å². The maximum absolute atomic E-state index is 12.5. The minimum atomic E-state index is -3.40. The third-order valence-electron chi connectivity index (χ3n) is 4.73. The maximum atomic E-state index is 12.5. The summed E-state index contributed by atoms with van der Waals surface area (Å²) in [5.74, 6) is 0.336. The number of H-pyrrole nitrogens is 1. The van der Waals surface area contributed by atoms with Crippen molar-refractivity contribution in [1.82, 2.24) is 19.8 Å². The maximum Gasteiger partial charge on any atom is 0.271 e. The van der Waals surface area contributed by atoms with Gasteiger partial charge in [0, 0.05) is 30.7 Å². The Morgan fingerprint density at radius 2 is 2.04 bits per heavy atom. The van der Waals surface area contributed by atoms with Gasteiger partial charge < -0.3 is 5.32 Å². The predicted molar refractivity (Wildman–Crippen MR) is 94.1 cm³/mol. The molecule has 1 amide bonds. The molecule has 4 rings (SSSR count). The number of thiophene rings is 1. The molecule has 2 aliphatic rings. The van der Waals surface area contributed by atoms with Crippen LogP contribution in [0.2, 0.25) is 0 Å². The molecule has 0 aromatic carbocycles. The number of hydrogen-bond donors (Lipinski definition) is 2. The zero-order valence-corrected chi connectivity index (χ0v) is 15.3. The minimum Gasteiger partial charge on any atom is -0.348 e. The molecule has 0 spiro atoms. The molecule has 2 aromatic rings. The monoisotopic (exact) mass is 380 g/mol. The fourth-order valence-corrected chi connectivity index (χ4v) is 5.71. The number of piperidine rings is 1. The second-order valence-electron chi connectivity index (χ2n) is 6.57. The summed E-state index contributed by atoms with van der Waals surface area (Å²) < 4.78 is 26.9. The number of carbonyl (C=O) groups excluding carboxylic acids is 1. The van der Waals surface area contributed by atoms with Crippen LogP contribution in [-0.4, -0.2) is 48.0 Å². The Kier molecular flexibility index (Phi) is 4.38. The normalized spacial score (nSPS) is 19.8. The highest BCUT2D eigenvalue weighted by atomic mass is 32.2. The number of nitrogens with one attached hydrogen (secondary N) is 2. The number of carbonyl (C=O) groups is 1. The molecule has 3 heterocycles. The lowest BCUT2D eigenvalue weighted by molar-refractivity contribution is 0.0918. The fourth-order valence-electron chi connectivity index (χ4n) is 3.09. The number of hydrogen-bond acceptors (Lipinski definition) is 5. The SMILES string of the molecule is O=C(NC1CCN(S(=O)(=O)c2cccs2)CC1)c1cc(C2CC2)[nH]n1. The number of nitrogens with zero attached hydrogens (tertiary/aromatic N) is 2. The average Bonchev–Trinajstić information content (AvgIpc) is 3.12. The molecule has 7 nitrogen and oxygen atoms in total. The van der Waals surface area contributed by atoms with Gasteiger partial charge in [0.15, 0.2) is 0 Å². The Morgan fingerprint density at radius 1 is 1.28 bits per heavy atom. The van der Waals surface area contributed by atoms with E-state index in [-0.39, 0.29) is 11.9 Å². The van der Waals surface area contributed by atoms with E-state index in [1.54, 1.807) is 17.5 Å². The van der Waals surface area contributed by atoms with E-state index in [0.717, 1.165) is 18.5 Å². The average molecular weight is 380 g/mol. The van der Waals surface area contributed by atoms with Gasteiger partial charge in [-0.3, -0.25) is 9.89 Å². The van der Waals surface area contributed by atoms with Crippen LogP contribution >= 0.6 is 11.3 Å². The largest absolute Gasteiger partial charge is 0.348 e. The first kappa shape index (κ1) is 16.7. The molecule has 1 aliphatic heterocycles. The number of amides is 1. The van der Waals surface area contributed by atoms with Gasteiger partial charge in [0.25, 0.3) is 15.9 Å². The molecule has 1 saturated heterocycles. The highest BCUT2D eigenvalue weighted by molar-refractivity contribution is 7.91. The van der Waals surface area contributed by atoms with Gasteiger partial charge in [0.2, 0.25) is 0 Å². The van der Waals surface area contributed by atoms with E-state index in [1.165, 1.54) is 15.6 Å². The third kappa shape index (κ3) is 3.49. The molecule has 0 atom stereocenters. The zero-order chi connectivity index (χ0) is 17.4. The molecule has 2 aromatic heterocycles. The molecule has 134 valence electrons. The highest BCUT2D eigenvalue weighted by Gasteiger charge is 2.31. The van der Waals surface area contributed by atoms with Crippen molar-refractivity contribution in [3.8, 4) is 0 Å². The second-order valence-corrected chi connectivity index (χ2v) is 9.68. The van der Waals surface area contributed by atoms with E-state index in [9.17, 15) is 13.2 Å². The Balaban J connectivity index is 1.33. The molecule has 0 radical (unpaired) electrons. The quantitative estimate of drug-likeness (QED) is 0.829. The molecule has 2 fully saturated rings. The first-order valence-electron chi connectivity index (χ1n) is 8.44. The zero-order valence-electron chi connectivity index (χ0n) is 13.6. The third-order valence-corrected chi connectivity index (χ3v) is 8.00. The Bertz CT molecular complexity index is 848. The summed E-state index contributed by atoms with van der Waals surface area (Å²) in [4.78, 5) is 12.3.